The maximum absolute atomic E-state index is 12.1. The molecule has 0 fully saturated rings. The van der Waals surface area contributed by atoms with Gasteiger partial charge in [-0.05, 0) is 51.0 Å². The molecule has 0 heterocycles. The molecule has 1 aromatic rings. The van der Waals surface area contributed by atoms with E-state index in [-0.39, 0.29) is 10.9 Å². The first-order chi connectivity index (χ1) is 8.86. The molecule has 6 heteroatoms. The van der Waals surface area contributed by atoms with Crippen molar-refractivity contribution in [3.8, 4) is 5.75 Å². The van der Waals surface area contributed by atoms with E-state index in [1.165, 1.54) is 0 Å². The number of ether oxygens (including phenoxy) is 1. The van der Waals surface area contributed by atoms with Gasteiger partial charge in [-0.15, -0.1) is 0 Å². The van der Waals surface area contributed by atoms with Crippen LogP contribution in [0.4, 0.5) is 0 Å². The van der Waals surface area contributed by atoms with E-state index in [4.69, 9.17) is 10.5 Å². The van der Waals surface area contributed by atoms with Gasteiger partial charge in [-0.2, -0.15) is 0 Å². The Bertz CT molecular complexity index is 513. The van der Waals surface area contributed by atoms with Gasteiger partial charge in [0, 0.05) is 12.6 Å². The Labute approximate surface area is 115 Å². The lowest BCUT2D eigenvalue weighted by molar-refractivity contribution is 0.339. The van der Waals surface area contributed by atoms with Crippen molar-refractivity contribution in [3.05, 3.63) is 23.8 Å². The molecule has 108 valence electrons. The van der Waals surface area contributed by atoms with Crippen LogP contribution in [0.1, 0.15) is 25.8 Å². The summed E-state index contributed by atoms with van der Waals surface area (Å²) >= 11 is 0. The fraction of sp³-hybridized carbons (Fsp3) is 0.538. The molecule has 1 rings (SSSR count). The smallest absolute Gasteiger partial charge is 0.240 e. The molecule has 0 amide bonds. The van der Waals surface area contributed by atoms with E-state index in [2.05, 4.69) is 4.72 Å². The number of rotatable bonds is 7. The molecule has 0 spiro atoms. The molecule has 0 unspecified atom stereocenters. The maximum atomic E-state index is 12.1. The lowest BCUT2D eigenvalue weighted by Crippen LogP contribution is -2.29. The monoisotopic (exact) mass is 286 g/mol. The number of nitrogens with one attached hydrogen (secondary N) is 1. The Kier molecular flexibility index (Phi) is 5.78. The fourth-order valence-corrected chi connectivity index (χ4v) is 2.95. The summed E-state index contributed by atoms with van der Waals surface area (Å²) in [6.45, 7) is 6.37. The average Bonchev–Trinajstić information content (AvgIpc) is 2.28. The number of hydrogen-bond acceptors (Lipinski definition) is 4. The third-order valence-corrected chi connectivity index (χ3v) is 4.26. The standard InChI is InChI=1S/C13H22N2O3S/c1-4-18-12-5-6-13(10(2)9-12)19(16,17)15-8-7-11(3)14/h5-6,9,11,15H,4,7-8,14H2,1-3H3/t11-/m1/s1. The first-order valence-electron chi connectivity index (χ1n) is 6.35. The highest BCUT2D eigenvalue weighted by Gasteiger charge is 2.16. The summed E-state index contributed by atoms with van der Waals surface area (Å²) in [4.78, 5) is 0.278. The van der Waals surface area contributed by atoms with Gasteiger partial charge in [0.1, 0.15) is 5.75 Å². The van der Waals surface area contributed by atoms with E-state index < -0.39 is 10.0 Å². The molecule has 0 radical (unpaired) electrons. The quantitative estimate of drug-likeness (QED) is 0.794. The van der Waals surface area contributed by atoms with Crippen molar-refractivity contribution in [3.63, 3.8) is 0 Å². The van der Waals surface area contributed by atoms with E-state index in [0.717, 1.165) is 0 Å². The van der Waals surface area contributed by atoms with Gasteiger partial charge in [-0.25, -0.2) is 13.1 Å². The van der Waals surface area contributed by atoms with Gasteiger partial charge in [0.2, 0.25) is 10.0 Å². The largest absolute Gasteiger partial charge is 0.494 e. The Hall–Kier alpha value is -1.11. The molecule has 0 aliphatic heterocycles. The number of nitrogens with two attached hydrogens (primary N) is 1. The minimum atomic E-state index is -3.48. The Morgan fingerprint density at radius 1 is 1.42 bits per heavy atom. The van der Waals surface area contributed by atoms with Crippen LogP contribution in [0.15, 0.2) is 23.1 Å². The molecule has 0 aliphatic carbocycles. The van der Waals surface area contributed by atoms with E-state index in [0.29, 0.717) is 30.9 Å². The second kappa shape index (κ2) is 6.88. The van der Waals surface area contributed by atoms with Gasteiger partial charge in [0.05, 0.1) is 11.5 Å². The highest BCUT2D eigenvalue weighted by atomic mass is 32.2. The lowest BCUT2D eigenvalue weighted by Gasteiger charge is -2.11. The van der Waals surface area contributed by atoms with Crippen LogP contribution in [0.3, 0.4) is 0 Å². The van der Waals surface area contributed by atoms with E-state index in [9.17, 15) is 8.42 Å². The summed E-state index contributed by atoms with van der Waals surface area (Å²) in [5.41, 5.74) is 6.26. The highest BCUT2D eigenvalue weighted by Crippen LogP contribution is 2.21. The van der Waals surface area contributed by atoms with Crippen molar-refractivity contribution >= 4 is 10.0 Å². The van der Waals surface area contributed by atoms with Gasteiger partial charge < -0.3 is 10.5 Å². The lowest BCUT2D eigenvalue weighted by atomic mass is 10.2. The van der Waals surface area contributed by atoms with E-state index >= 15 is 0 Å². The van der Waals surface area contributed by atoms with Gasteiger partial charge in [0.25, 0.3) is 0 Å². The molecular weight excluding hydrogens is 264 g/mol. The van der Waals surface area contributed by atoms with Crippen LogP contribution in [-0.2, 0) is 10.0 Å². The zero-order chi connectivity index (χ0) is 14.5. The van der Waals surface area contributed by atoms with Gasteiger partial charge in [-0.3, -0.25) is 0 Å². The second-order valence-corrected chi connectivity index (χ2v) is 6.26. The predicted octanol–water partition coefficient (Wildman–Crippen LogP) is 1.41. The Balaban J connectivity index is 2.83. The third kappa shape index (κ3) is 4.81. The number of benzene rings is 1. The third-order valence-electron chi connectivity index (χ3n) is 2.64. The van der Waals surface area contributed by atoms with Crippen molar-refractivity contribution < 1.29 is 13.2 Å². The summed E-state index contributed by atoms with van der Waals surface area (Å²) in [7, 11) is -3.48. The second-order valence-electron chi connectivity index (χ2n) is 4.52. The van der Waals surface area contributed by atoms with Crippen molar-refractivity contribution in [2.75, 3.05) is 13.2 Å². The van der Waals surface area contributed by atoms with Gasteiger partial charge >= 0.3 is 0 Å². The average molecular weight is 286 g/mol. The number of hydrogen-bond donors (Lipinski definition) is 2. The molecular formula is C13H22N2O3S. The molecule has 1 atom stereocenters. The minimum Gasteiger partial charge on any atom is -0.494 e. The number of aryl methyl sites for hydroxylation is 1. The summed E-state index contributed by atoms with van der Waals surface area (Å²) in [6.07, 6.45) is 0.606. The van der Waals surface area contributed by atoms with E-state index in [1.54, 1.807) is 25.1 Å². The van der Waals surface area contributed by atoms with Crippen molar-refractivity contribution in [1.29, 1.82) is 0 Å². The van der Waals surface area contributed by atoms with Crippen LogP contribution < -0.4 is 15.2 Å². The van der Waals surface area contributed by atoms with Crippen molar-refractivity contribution in [2.24, 2.45) is 5.73 Å². The highest BCUT2D eigenvalue weighted by molar-refractivity contribution is 7.89. The molecule has 0 aliphatic rings. The van der Waals surface area contributed by atoms with Crippen LogP contribution in [0.2, 0.25) is 0 Å². The van der Waals surface area contributed by atoms with Crippen molar-refractivity contribution in [1.82, 2.24) is 4.72 Å². The zero-order valence-electron chi connectivity index (χ0n) is 11.6. The maximum Gasteiger partial charge on any atom is 0.240 e. The fourth-order valence-electron chi connectivity index (χ4n) is 1.68. The molecule has 0 saturated heterocycles. The summed E-state index contributed by atoms with van der Waals surface area (Å²) in [5.74, 6) is 0.675. The zero-order valence-corrected chi connectivity index (χ0v) is 12.5. The number of sulfonamides is 1. The first-order valence-corrected chi connectivity index (χ1v) is 7.84. The topological polar surface area (TPSA) is 81.4 Å². The van der Waals surface area contributed by atoms with Crippen molar-refractivity contribution in [2.45, 2.75) is 38.1 Å². The van der Waals surface area contributed by atoms with Crippen LogP contribution >= 0.6 is 0 Å². The summed E-state index contributed by atoms with van der Waals surface area (Å²) in [5, 5.41) is 0. The van der Waals surface area contributed by atoms with Gasteiger partial charge in [-0.1, -0.05) is 0 Å². The van der Waals surface area contributed by atoms with Crippen LogP contribution in [0, 0.1) is 6.92 Å². The molecule has 1 aromatic carbocycles. The van der Waals surface area contributed by atoms with Crippen LogP contribution in [0.5, 0.6) is 5.75 Å². The molecule has 3 N–H and O–H groups in total. The predicted molar refractivity (Wildman–Crippen MR) is 75.8 cm³/mol. The molecule has 0 aromatic heterocycles. The summed E-state index contributed by atoms with van der Waals surface area (Å²) in [6, 6.07) is 4.93. The summed E-state index contributed by atoms with van der Waals surface area (Å²) < 4.78 is 32.1. The SMILES string of the molecule is CCOc1ccc(S(=O)(=O)NCC[C@@H](C)N)c(C)c1. The molecule has 5 nitrogen and oxygen atoms in total. The van der Waals surface area contributed by atoms with E-state index in [1.807, 2.05) is 13.8 Å². The Morgan fingerprint density at radius 2 is 2.11 bits per heavy atom. The first kappa shape index (κ1) is 15.9. The van der Waals surface area contributed by atoms with Gasteiger partial charge in [0.15, 0.2) is 0 Å². The molecule has 0 bridgehead atoms. The Morgan fingerprint density at radius 3 is 2.63 bits per heavy atom. The van der Waals surface area contributed by atoms with Crippen LogP contribution in [0.25, 0.3) is 0 Å². The normalized spacial score (nSPS) is 13.3. The molecule has 0 saturated carbocycles. The minimum absolute atomic E-state index is 0.0240. The molecule has 19 heavy (non-hydrogen) atoms. The van der Waals surface area contributed by atoms with Crippen LogP contribution in [-0.4, -0.2) is 27.6 Å².